The average Bonchev–Trinajstić information content (AvgIpc) is 3.83. The van der Waals surface area contributed by atoms with E-state index in [4.69, 9.17) is 4.74 Å². The van der Waals surface area contributed by atoms with E-state index in [1.165, 1.54) is 34.1 Å². The molecule has 1 saturated carbocycles. The van der Waals surface area contributed by atoms with Gasteiger partial charge in [-0.2, -0.15) is 4.31 Å². The summed E-state index contributed by atoms with van der Waals surface area (Å²) in [5.41, 5.74) is 1.10. The van der Waals surface area contributed by atoms with Crippen molar-refractivity contribution in [3.63, 3.8) is 0 Å². The number of aryl methyl sites for hydroxylation is 1. The number of benzene rings is 3. The van der Waals surface area contributed by atoms with Crippen LogP contribution in [0.4, 0.5) is 13.6 Å². The second-order valence-corrected chi connectivity index (χ2v) is 14.1. The van der Waals surface area contributed by atoms with E-state index in [-0.39, 0.29) is 4.90 Å². The highest BCUT2D eigenvalue weighted by Gasteiger charge is 2.60. The summed E-state index contributed by atoms with van der Waals surface area (Å²) in [6, 6.07) is 18.8. The van der Waals surface area contributed by atoms with Crippen molar-refractivity contribution >= 4 is 16.1 Å². The minimum Gasteiger partial charge on any atom is -0.441 e. The van der Waals surface area contributed by atoms with Gasteiger partial charge in [0.25, 0.3) is 0 Å². The van der Waals surface area contributed by atoms with Crippen LogP contribution in [0.3, 0.4) is 0 Å². The number of nitrogens with zero attached hydrogens (tertiary/aromatic N) is 3. The fourth-order valence-corrected chi connectivity index (χ4v) is 8.64. The molecule has 1 aliphatic carbocycles. The number of carbonyl (C=O) groups excluding carboxylic acids is 1. The Hall–Kier alpha value is -3.34. The highest BCUT2D eigenvalue weighted by molar-refractivity contribution is 7.89. The third-order valence-electron chi connectivity index (χ3n) is 9.26. The Morgan fingerprint density at radius 2 is 1.70 bits per heavy atom. The SMILES string of the molecule is Cc1ccc(S(=O)(=O)N2[C@H](c3cccc(F)c3)CCC[C@@H]2C2(OC(=O)N3CCCN(Cc4ccccc4)CC3)CC2)cc1F. The predicted molar refractivity (Wildman–Crippen MR) is 163 cm³/mol. The molecule has 0 spiro atoms. The molecule has 3 aromatic rings. The maximum Gasteiger partial charge on any atom is 0.410 e. The van der Waals surface area contributed by atoms with Crippen LogP contribution in [0.15, 0.2) is 77.7 Å². The van der Waals surface area contributed by atoms with Crippen LogP contribution in [0.25, 0.3) is 0 Å². The molecule has 0 N–H and O–H groups in total. The maximum absolute atomic E-state index is 14.6. The lowest BCUT2D eigenvalue weighted by atomic mass is 9.90. The number of hydrogen-bond donors (Lipinski definition) is 0. The summed E-state index contributed by atoms with van der Waals surface area (Å²) < 4.78 is 65.3. The summed E-state index contributed by atoms with van der Waals surface area (Å²) in [5.74, 6) is -1.07. The lowest BCUT2D eigenvalue weighted by Crippen LogP contribution is -2.54. The molecule has 234 valence electrons. The molecule has 44 heavy (non-hydrogen) atoms. The van der Waals surface area contributed by atoms with E-state index >= 15 is 0 Å². The second-order valence-electron chi connectivity index (χ2n) is 12.3. The third-order valence-corrected chi connectivity index (χ3v) is 11.2. The zero-order chi connectivity index (χ0) is 30.9. The molecule has 0 bridgehead atoms. The fourth-order valence-electron chi connectivity index (χ4n) is 6.71. The highest BCUT2D eigenvalue weighted by atomic mass is 32.2. The van der Waals surface area contributed by atoms with E-state index in [2.05, 4.69) is 17.0 Å². The Morgan fingerprint density at radius 1 is 0.909 bits per heavy atom. The van der Waals surface area contributed by atoms with Crippen molar-refractivity contribution in [3.8, 4) is 0 Å². The van der Waals surface area contributed by atoms with Crippen molar-refractivity contribution in [2.45, 2.75) is 74.6 Å². The highest BCUT2D eigenvalue weighted by Crippen LogP contribution is 2.52. The summed E-state index contributed by atoms with van der Waals surface area (Å²) in [7, 11) is -4.25. The third kappa shape index (κ3) is 6.39. The number of piperidine rings is 1. The van der Waals surface area contributed by atoms with Crippen LogP contribution in [-0.4, -0.2) is 66.4 Å². The lowest BCUT2D eigenvalue weighted by molar-refractivity contribution is -0.00814. The van der Waals surface area contributed by atoms with Gasteiger partial charge in [0.1, 0.15) is 17.2 Å². The van der Waals surface area contributed by atoms with Crippen LogP contribution in [0.2, 0.25) is 0 Å². The van der Waals surface area contributed by atoms with Crippen molar-refractivity contribution in [2.75, 3.05) is 26.2 Å². The average molecular weight is 624 g/mol. The first-order valence-electron chi connectivity index (χ1n) is 15.5. The molecule has 2 saturated heterocycles. The van der Waals surface area contributed by atoms with Crippen molar-refractivity contribution in [1.82, 2.24) is 14.1 Å². The zero-order valence-corrected chi connectivity index (χ0v) is 25.8. The van der Waals surface area contributed by atoms with Gasteiger partial charge >= 0.3 is 6.09 Å². The normalized spacial score (nSPS) is 22.8. The molecular formula is C34H39F2N3O4S. The van der Waals surface area contributed by atoms with Crippen LogP contribution in [-0.2, 0) is 21.3 Å². The molecule has 7 nitrogen and oxygen atoms in total. The number of hydrogen-bond acceptors (Lipinski definition) is 5. The van der Waals surface area contributed by atoms with Crippen molar-refractivity contribution in [1.29, 1.82) is 0 Å². The van der Waals surface area contributed by atoms with E-state index in [0.717, 1.165) is 25.6 Å². The minimum atomic E-state index is -4.25. The quantitative estimate of drug-likeness (QED) is 0.303. The van der Waals surface area contributed by atoms with E-state index in [1.807, 2.05) is 18.2 Å². The molecule has 2 heterocycles. The monoisotopic (exact) mass is 623 g/mol. The fraction of sp³-hybridized carbons (Fsp3) is 0.441. The van der Waals surface area contributed by atoms with E-state index in [0.29, 0.717) is 62.9 Å². The Morgan fingerprint density at radius 3 is 2.43 bits per heavy atom. The molecule has 0 radical (unpaired) electrons. The molecule has 3 aromatic carbocycles. The van der Waals surface area contributed by atoms with Gasteiger partial charge in [-0.05, 0) is 86.4 Å². The maximum atomic E-state index is 14.6. The smallest absolute Gasteiger partial charge is 0.410 e. The molecule has 6 rings (SSSR count). The molecule has 10 heteroatoms. The van der Waals surface area contributed by atoms with Crippen molar-refractivity contribution in [3.05, 3.63) is 101 Å². The molecule has 2 atom stereocenters. The number of carbonyl (C=O) groups is 1. The minimum absolute atomic E-state index is 0.165. The first kappa shape index (κ1) is 30.7. The van der Waals surface area contributed by atoms with E-state index < -0.39 is 45.4 Å². The number of ether oxygens (including phenoxy) is 1. The molecule has 3 fully saturated rings. The first-order valence-corrected chi connectivity index (χ1v) is 16.9. The van der Waals surface area contributed by atoms with Gasteiger partial charge in [-0.3, -0.25) is 4.90 Å². The summed E-state index contributed by atoms with van der Waals surface area (Å²) in [6.07, 6.45) is 3.06. The number of amides is 1. The summed E-state index contributed by atoms with van der Waals surface area (Å²) >= 11 is 0. The van der Waals surface area contributed by atoms with Gasteiger partial charge in [0.05, 0.1) is 17.0 Å². The largest absolute Gasteiger partial charge is 0.441 e. The number of rotatable bonds is 7. The summed E-state index contributed by atoms with van der Waals surface area (Å²) in [5, 5.41) is 0. The van der Waals surface area contributed by atoms with Crippen molar-refractivity contribution < 1.29 is 26.7 Å². The van der Waals surface area contributed by atoms with Gasteiger partial charge in [-0.15, -0.1) is 0 Å². The standard InChI is InChI=1S/C34H39F2N3O4S/c1-25-14-15-29(23-30(25)36)44(41,42)39-31(27-10-5-11-28(35)22-27)12-6-13-32(39)34(16-17-34)43-33(40)38-19-7-18-37(20-21-38)24-26-8-3-2-4-9-26/h2-5,8-11,14-15,22-23,31-32H,6-7,12-13,16-21,24H2,1H3/t31-,32+/m0/s1. The van der Waals surface area contributed by atoms with Gasteiger partial charge in [0.15, 0.2) is 0 Å². The van der Waals surface area contributed by atoms with Crippen LogP contribution in [0, 0.1) is 18.6 Å². The second kappa shape index (κ2) is 12.6. The van der Waals surface area contributed by atoms with Crippen LogP contribution >= 0.6 is 0 Å². The van der Waals surface area contributed by atoms with Gasteiger partial charge in [-0.25, -0.2) is 22.0 Å². The summed E-state index contributed by atoms with van der Waals surface area (Å²) in [4.78, 5) is 17.5. The Labute approximate surface area is 258 Å². The van der Waals surface area contributed by atoms with Gasteiger partial charge in [0, 0.05) is 32.7 Å². The zero-order valence-electron chi connectivity index (χ0n) is 25.0. The predicted octanol–water partition coefficient (Wildman–Crippen LogP) is 6.43. The van der Waals surface area contributed by atoms with E-state index in [1.54, 1.807) is 24.0 Å². The Balaban J connectivity index is 1.25. The lowest BCUT2D eigenvalue weighted by Gasteiger charge is -2.44. The first-order chi connectivity index (χ1) is 21.2. The van der Waals surface area contributed by atoms with Gasteiger partial charge in [-0.1, -0.05) is 48.5 Å². The van der Waals surface area contributed by atoms with Crippen LogP contribution in [0.1, 0.15) is 61.3 Å². The van der Waals surface area contributed by atoms with E-state index in [9.17, 15) is 22.0 Å². The van der Waals surface area contributed by atoms with Crippen LogP contribution < -0.4 is 0 Å². The molecule has 0 aromatic heterocycles. The molecule has 0 unspecified atom stereocenters. The number of sulfonamides is 1. The molecule has 3 aliphatic rings. The van der Waals surface area contributed by atoms with Crippen molar-refractivity contribution in [2.24, 2.45) is 0 Å². The summed E-state index contributed by atoms with van der Waals surface area (Å²) in [6.45, 7) is 5.03. The Bertz CT molecular complexity index is 1600. The Kier molecular flexibility index (Phi) is 8.77. The van der Waals surface area contributed by atoms with Crippen LogP contribution in [0.5, 0.6) is 0 Å². The van der Waals surface area contributed by atoms with Gasteiger partial charge in [0.2, 0.25) is 10.0 Å². The topological polar surface area (TPSA) is 70.2 Å². The molecule has 1 amide bonds. The van der Waals surface area contributed by atoms with Gasteiger partial charge < -0.3 is 9.64 Å². The number of halogens is 2. The molecular weight excluding hydrogens is 584 g/mol. The molecule has 2 aliphatic heterocycles.